The molecule has 0 aromatic heterocycles. The molecule has 0 saturated heterocycles. The SMILES string of the molecule is CCN(C(C)c1ccc(OC)cc1)C1CCCCC1CN. The van der Waals surface area contributed by atoms with Crippen LogP contribution in [0.15, 0.2) is 24.3 Å². The Morgan fingerprint density at radius 1 is 1.24 bits per heavy atom. The summed E-state index contributed by atoms with van der Waals surface area (Å²) in [7, 11) is 1.71. The van der Waals surface area contributed by atoms with Gasteiger partial charge in [-0.2, -0.15) is 0 Å². The molecule has 0 spiro atoms. The van der Waals surface area contributed by atoms with Gasteiger partial charge in [0.15, 0.2) is 0 Å². The second kappa shape index (κ2) is 7.81. The van der Waals surface area contributed by atoms with Gasteiger partial charge in [-0.25, -0.2) is 0 Å². The molecule has 0 heterocycles. The highest BCUT2D eigenvalue weighted by Crippen LogP contribution is 2.33. The van der Waals surface area contributed by atoms with Gasteiger partial charge in [-0.1, -0.05) is 31.9 Å². The van der Waals surface area contributed by atoms with Gasteiger partial charge >= 0.3 is 0 Å². The molecule has 1 saturated carbocycles. The van der Waals surface area contributed by atoms with Crippen molar-refractivity contribution in [2.75, 3.05) is 20.2 Å². The van der Waals surface area contributed by atoms with Gasteiger partial charge in [0, 0.05) is 12.1 Å². The van der Waals surface area contributed by atoms with Crippen LogP contribution in [0, 0.1) is 5.92 Å². The summed E-state index contributed by atoms with van der Waals surface area (Å²) in [6.45, 7) is 6.47. The van der Waals surface area contributed by atoms with Gasteiger partial charge in [0.1, 0.15) is 5.75 Å². The van der Waals surface area contributed by atoms with Gasteiger partial charge in [0.05, 0.1) is 7.11 Å². The molecule has 0 amide bonds. The van der Waals surface area contributed by atoms with Crippen molar-refractivity contribution in [2.24, 2.45) is 11.7 Å². The molecular weight excluding hydrogens is 260 g/mol. The van der Waals surface area contributed by atoms with Gasteiger partial charge in [0.25, 0.3) is 0 Å². The first-order valence-corrected chi connectivity index (χ1v) is 8.31. The fourth-order valence-electron chi connectivity index (χ4n) is 3.77. The number of hydrogen-bond acceptors (Lipinski definition) is 3. The molecule has 1 fully saturated rings. The summed E-state index contributed by atoms with van der Waals surface area (Å²) < 4.78 is 5.26. The molecule has 3 atom stereocenters. The van der Waals surface area contributed by atoms with E-state index < -0.39 is 0 Å². The molecule has 0 radical (unpaired) electrons. The molecular formula is C18H30N2O. The van der Waals surface area contributed by atoms with Crippen LogP contribution in [-0.2, 0) is 0 Å². The Kier molecular flexibility index (Phi) is 6.07. The first kappa shape index (κ1) is 16.3. The molecule has 0 aliphatic heterocycles. The number of rotatable bonds is 6. The Labute approximate surface area is 129 Å². The summed E-state index contributed by atoms with van der Waals surface area (Å²) in [6, 6.07) is 9.55. The zero-order valence-corrected chi connectivity index (χ0v) is 13.7. The molecule has 1 aromatic carbocycles. The Morgan fingerprint density at radius 2 is 1.90 bits per heavy atom. The highest BCUT2D eigenvalue weighted by atomic mass is 16.5. The minimum absolute atomic E-state index is 0.429. The van der Waals surface area contributed by atoms with Crippen LogP contribution in [0.25, 0.3) is 0 Å². The van der Waals surface area contributed by atoms with E-state index in [0.29, 0.717) is 18.0 Å². The fourth-order valence-corrected chi connectivity index (χ4v) is 3.77. The first-order chi connectivity index (χ1) is 10.2. The summed E-state index contributed by atoms with van der Waals surface area (Å²) in [5.41, 5.74) is 7.38. The second-order valence-corrected chi connectivity index (χ2v) is 6.13. The summed E-state index contributed by atoms with van der Waals surface area (Å²) in [6.07, 6.45) is 5.25. The van der Waals surface area contributed by atoms with E-state index in [2.05, 4.69) is 43.0 Å². The van der Waals surface area contributed by atoms with Gasteiger partial charge in [-0.05, 0) is 56.5 Å². The summed E-state index contributed by atoms with van der Waals surface area (Å²) in [5, 5.41) is 0. The number of nitrogens with zero attached hydrogens (tertiary/aromatic N) is 1. The van der Waals surface area contributed by atoms with E-state index in [1.54, 1.807) is 7.11 Å². The quantitative estimate of drug-likeness (QED) is 0.870. The Balaban J connectivity index is 2.14. The molecule has 1 aromatic rings. The standard InChI is InChI=1S/C18H30N2O/c1-4-20(18-8-6-5-7-16(18)13-19)14(2)15-9-11-17(21-3)12-10-15/h9-12,14,16,18H,4-8,13,19H2,1-3H3. The van der Waals surface area contributed by atoms with Crippen molar-refractivity contribution in [2.45, 2.75) is 51.6 Å². The second-order valence-electron chi connectivity index (χ2n) is 6.13. The molecule has 1 aliphatic rings. The number of ether oxygens (including phenoxy) is 1. The van der Waals surface area contributed by atoms with Crippen molar-refractivity contribution >= 4 is 0 Å². The molecule has 3 nitrogen and oxygen atoms in total. The zero-order valence-electron chi connectivity index (χ0n) is 13.7. The van der Waals surface area contributed by atoms with Crippen molar-refractivity contribution in [3.8, 4) is 5.75 Å². The molecule has 0 bridgehead atoms. The average molecular weight is 290 g/mol. The molecule has 2 rings (SSSR count). The average Bonchev–Trinajstić information content (AvgIpc) is 2.56. The van der Waals surface area contributed by atoms with Crippen molar-refractivity contribution in [3.63, 3.8) is 0 Å². The maximum Gasteiger partial charge on any atom is 0.118 e. The van der Waals surface area contributed by atoms with E-state index in [-0.39, 0.29) is 0 Å². The van der Waals surface area contributed by atoms with Crippen LogP contribution in [0.3, 0.4) is 0 Å². The molecule has 3 unspecified atom stereocenters. The molecule has 1 aliphatic carbocycles. The normalized spacial score (nSPS) is 24.0. The number of methoxy groups -OCH3 is 1. The topological polar surface area (TPSA) is 38.5 Å². The number of benzene rings is 1. The lowest BCUT2D eigenvalue weighted by atomic mass is 9.82. The van der Waals surface area contributed by atoms with Crippen molar-refractivity contribution in [3.05, 3.63) is 29.8 Å². The molecule has 2 N–H and O–H groups in total. The first-order valence-electron chi connectivity index (χ1n) is 8.31. The number of nitrogens with two attached hydrogens (primary N) is 1. The predicted octanol–water partition coefficient (Wildman–Crippen LogP) is 3.60. The van der Waals surface area contributed by atoms with Gasteiger partial charge in [0.2, 0.25) is 0 Å². The van der Waals surface area contributed by atoms with E-state index in [9.17, 15) is 0 Å². The maximum atomic E-state index is 6.02. The summed E-state index contributed by atoms with van der Waals surface area (Å²) in [5.74, 6) is 1.57. The number of hydrogen-bond donors (Lipinski definition) is 1. The zero-order chi connectivity index (χ0) is 15.2. The van der Waals surface area contributed by atoms with Crippen LogP contribution < -0.4 is 10.5 Å². The summed E-state index contributed by atoms with van der Waals surface area (Å²) >= 11 is 0. The van der Waals surface area contributed by atoms with Gasteiger partial charge < -0.3 is 10.5 Å². The Morgan fingerprint density at radius 3 is 2.48 bits per heavy atom. The van der Waals surface area contributed by atoms with E-state index in [0.717, 1.165) is 18.8 Å². The molecule has 21 heavy (non-hydrogen) atoms. The van der Waals surface area contributed by atoms with Crippen LogP contribution in [-0.4, -0.2) is 31.1 Å². The van der Waals surface area contributed by atoms with Crippen LogP contribution in [0.4, 0.5) is 0 Å². The minimum atomic E-state index is 0.429. The monoisotopic (exact) mass is 290 g/mol. The van der Waals surface area contributed by atoms with Crippen LogP contribution in [0.1, 0.15) is 51.1 Å². The van der Waals surface area contributed by atoms with E-state index >= 15 is 0 Å². The van der Waals surface area contributed by atoms with E-state index in [1.807, 2.05) is 0 Å². The predicted molar refractivity (Wildman–Crippen MR) is 88.6 cm³/mol. The maximum absolute atomic E-state index is 6.02. The third-order valence-electron chi connectivity index (χ3n) is 5.06. The largest absolute Gasteiger partial charge is 0.497 e. The van der Waals surface area contributed by atoms with Crippen molar-refractivity contribution in [1.82, 2.24) is 4.90 Å². The lowest BCUT2D eigenvalue weighted by molar-refractivity contribution is 0.0769. The highest BCUT2D eigenvalue weighted by molar-refractivity contribution is 5.29. The van der Waals surface area contributed by atoms with Crippen LogP contribution >= 0.6 is 0 Å². The summed E-state index contributed by atoms with van der Waals surface area (Å²) in [4.78, 5) is 2.64. The van der Waals surface area contributed by atoms with Gasteiger partial charge in [-0.3, -0.25) is 4.90 Å². The fraction of sp³-hybridized carbons (Fsp3) is 0.667. The minimum Gasteiger partial charge on any atom is -0.497 e. The van der Waals surface area contributed by atoms with E-state index in [1.165, 1.54) is 31.2 Å². The third kappa shape index (κ3) is 3.78. The van der Waals surface area contributed by atoms with Crippen molar-refractivity contribution in [1.29, 1.82) is 0 Å². The molecule has 118 valence electrons. The van der Waals surface area contributed by atoms with Crippen molar-refractivity contribution < 1.29 is 4.74 Å². The lowest BCUT2D eigenvalue weighted by Crippen LogP contribution is -2.46. The molecule has 3 heteroatoms. The lowest BCUT2D eigenvalue weighted by Gasteiger charge is -2.42. The Bertz CT molecular complexity index is 418. The highest BCUT2D eigenvalue weighted by Gasteiger charge is 2.31. The van der Waals surface area contributed by atoms with Gasteiger partial charge in [-0.15, -0.1) is 0 Å². The Hall–Kier alpha value is -1.06. The smallest absolute Gasteiger partial charge is 0.118 e. The third-order valence-corrected chi connectivity index (χ3v) is 5.06. The van der Waals surface area contributed by atoms with Crippen LogP contribution in [0.2, 0.25) is 0 Å². The van der Waals surface area contributed by atoms with E-state index in [4.69, 9.17) is 10.5 Å². The van der Waals surface area contributed by atoms with Crippen LogP contribution in [0.5, 0.6) is 5.75 Å².